The number of phenolic OH excluding ortho intramolecular Hbond substituents is 1. The van der Waals surface area contributed by atoms with Gasteiger partial charge in [-0.2, -0.15) is 0 Å². The Morgan fingerprint density at radius 1 is 1.38 bits per heavy atom. The fraction of sp³-hybridized carbons (Fsp3) is 0.100. The molecule has 1 heterocycles. The van der Waals surface area contributed by atoms with Crippen molar-refractivity contribution in [2.45, 2.75) is 0 Å². The topological polar surface area (TPSA) is 42.4 Å². The third-order valence-corrected chi connectivity index (χ3v) is 1.94. The molecule has 0 spiro atoms. The first-order valence-electron chi connectivity index (χ1n) is 3.92. The maximum Gasteiger partial charge on any atom is 0.128 e. The predicted molar refractivity (Wildman–Crippen MR) is 50.0 cm³/mol. The number of hydrogen-bond donors (Lipinski definition) is 1. The van der Waals surface area contributed by atoms with Crippen LogP contribution in [-0.4, -0.2) is 17.2 Å². The lowest BCUT2D eigenvalue weighted by Crippen LogP contribution is -1.83. The Labute approximate surface area is 75.6 Å². The van der Waals surface area contributed by atoms with Gasteiger partial charge in [0, 0.05) is 23.8 Å². The first-order chi connectivity index (χ1) is 6.31. The summed E-state index contributed by atoms with van der Waals surface area (Å²) in [5.74, 6) is 0.846. The molecule has 0 bridgehead atoms. The number of aromatic nitrogens is 1. The van der Waals surface area contributed by atoms with Crippen LogP contribution in [0, 0.1) is 0 Å². The van der Waals surface area contributed by atoms with E-state index in [0.717, 1.165) is 10.8 Å². The number of phenols is 1. The summed E-state index contributed by atoms with van der Waals surface area (Å²) in [6.07, 6.45) is 3.31. The molecule has 2 aromatic rings. The molecule has 2 rings (SSSR count). The molecule has 3 heteroatoms. The Kier molecular flexibility index (Phi) is 1.77. The lowest BCUT2D eigenvalue weighted by Gasteiger charge is -2.03. The minimum Gasteiger partial charge on any atom is -0.507 e. The van der Waals surface area contributed by atoms with Gasteiger partial charge in [0.25, 0.3) is 0 Å². The van der Waals surface area contributed by atoms with Crippen LogP contribution < -0.4 is 4.74 Å². The molecule has 0 aliphatic rings. The molecule has 1 N–H and O–H groups in total. The van der Waals surface area contributed by atoms with E-state index in [9.17, 15) is 5.11 Å². The Morgan fingerprint density at radius 2 is 2.23 bits per heavy atom. The Hall–Kier alpha value is -1.77. The standard InChI is InChI=1S/C10H9NO2/c1-13-8-4-7-2-3-11-6-9(7)10(12)5-8/h2-6,12H,1H3. The SMILES string of the molecule is COc1cc(O)c2cnccc2c1. The summed E-state index contributed by atoms with van der Waals surface area (Å²) in [4.78, 5) is 3.93. The third kappa shape index (κ3) is 1.28. The minimum atomic E-state index is 0.197. The molecule has 3 nitrogen and oxygen atoms in total. The van der Waals surface area contributed by atoms with Crippen molar-refractivity contribution < 1.29 is 9.84 Å². The van der Waals surface area contributed by atoms with Gasteiger partial charge in [0.05, 0.1) is 7.11 Å². The molecule has 0 unspecified atom stereocenters. The van der Waals surface area contributed by atoms with Crippen molar-refractivity contribution in [3.05, 3.63) is 30.6 Å². The smallest absolute Gasteiger partial charge is 0.128 e. The van der Waals surface area contributed by atoms with Crippen molar-refractivity contribution in [1.82, 2.24) is 4.98 Å². The van der Waals surface area contributed by atoms with Crippen LogP contribution >= 0.6 is 0 Å². The average molecular weight is 175 g/mol. The summed E-state index contributed by atoms with van der Waals surface area (Å²) in [5, 5.41) is 11.2. The van der Waals surface area contributed by atoms with Crippen LogP contribution in [0.2, 0.25) is 0 Å². The van der Waals surface area contributed by atoms with Crippen molar-refractivity contribution in [2.75, 3.05) is 7.11 Å². The number of ether oxygens (including phenoxy) is 1. The number of methoxy groups -OCH3 is 1. The summed E-state index contributed by atoms with van der Waals surface area (Å²) in [6, 6.07) is 5.26. The molecule has 0 radical (unpaired) electrons. The molecule has 1 aromatic carbocycles. The molecule has 13 heavy (non-hydrogen) atoms. The number of aromatic hydroxyl groups is 1. The highest BCUT2D eigenvalue weighted by molar-refractivity contribution is 5.88. The number of benzene rings is 1. The Balaban J connectivity index is 2.77. The van der Waals surface area contributed by atoms with Gasteiger partial charge < -0.3 is 9.84 Å². The molecule has 66 valence electrons. The molecule has 0 amide bonds. The maximum atomic E-state index is 9.56. The van der Waals surface area contributed by atoms with Gasteiger partial charge in [-0.15, -0.1) is 0 Å². The van der Waals surface area contributed by atoms with E-state index >= 15 is 0 Å². The molecule has 0 saturated heterocycles. The van der Waals surface area contributed by atoms with Gasteiger partial charge in [-0.05, 0) is 17.5 Å². The van der Waals surface area contributed by atoms with Crippen LogP contribution in [0.4, 0.5) is 0 Å². The molecule has 0 atom stereocenters. The van der Waals surface area contributed by atoms with Crippen LogP contribution in [0.1, 0.15) is 0 Å². The molecular weight excluding hydrogens is 166 g/mol. The highest BCUT2D eigenvalue weighted by Gasteiger charge is 2.01. The largest absolute Gasteiger partial charge is 0.507 e. The highest BCUT2D eigenvalue weighted by atomic mass is 16.5. The van der Waals surface area contributed by atoms with E-state index in [4.69, 9.17) is 4.74 Å². The molecule has 1 aromatic heterocycles. The van der Waals surface area contributed by atoms with Crippen LogP contribution in [0.3, 0.4) is 0 Å². The Morgan fingerprint density at radius 3 is 3.00 bits per heavy atom. The second-order valence-corrected chi connectivity index (χ2v) is 2.74. The van der Waals surface area contributed by atoms with E-state index in [1.165, 1.54) is 0 Å². The van der Waals surface area contributed by atoms with Crippen molar-refractivity contribution >= 4 is 10.8 Å². The zero-order valence-corrected chi connectivity index (χ0v) is 7.19. The fourth-order valence-electron chi connectivity index (χ4n) is 1.27. The zero-order chi connectivity index (χ0) is 9.26. The van der Waals surface area contributed by atoms with Crippen molar-refractivity contribution in [2.24, 2.45) is 0 Å². The van der Waals surface area contributed by atoms with E-state index < -0.39 is 0 Å². The van der Waals surface area contributed by atoms with Crippen molar-refractivity contribution in [3.8, 4) is 11.5 Å². The molecule has 0 aliphatic carbocycles. The lowest BCUT2D eigenvalue weighted by atomic mass is 10.1. The van der Waals surface area contributed by atoms with Gasteiger partial charge in [-0.3, -0.25) is 4.98 Å². The van der Waals surface area contributed by atoms with Crippen molar-refractivity contribution in [3.63, 3.8) is 0 Å². The normalized spacial score (nSPS) is 10.2. The summed E-state index contributed by atoms with van der Waals surface area (Å²) in [6.45, 7) is 0. The monoisotopic (exact) mass is 175 g/mol. The van der Waals surface area contributed by atoms with Gasteiger partial charge in [0.2, 0.25) is 0 Å². The van der Waals surface area contributed by atoms with Gasteiger partial charge in [0.15, 0.2) is 0 Å². The second kappa shape index (κ2) is 2.94. The highest BCUT2D eigenvalue weighted by Crippen LogP contribution is 2.28. The number of hydrogen-bond acceptors (Lipinski definition) is 3. The third-order valence-electron chi connectivity index (χ3n) is 1.94. The van der Waals surface area contributed by atoms with Gasteiger partial charge in [-0.25, -0.2) is 0 Å². The number of rotatable bonds is 1. The lowest BCUT2D eigenvalue weighted by molar-refractivity contribution is 0.409. The fourth-order valence-corrected chi connectivity index (χ4v) is 1.27. The predicted octanol–water partition coefficient (Wildman–Crippen LogP) is 1.95. The summed E-state index contributed by atoms with van der Waals surface area (Å²) >= 11 is 0. The minimum absolute atomic E-state index is 0.197. The van der Waals surface area contributed by atoms with Crippen LogP contribution in [0.15, 0.2) is 30.6 Å². The van der Waals surface area contributed by atoms with Crippen LogP contribution in [-0.2, 0) is 0 Å². The Bertz CT molecular complexity index is 440. The van der Waals surface area contributed by atoms with Crippen molar-refractivity contribution in [1.29, 1.82) is 0 Å². The molecule has 0 aliphatic heterocycles. The second-order valence-electron chi connectivity index (χ2n) is 2.74. The average Bonchev–Trinajstić information content (AvgIpc) is 2.18. The van der Waals surface area contributed by atoms with E-state index in [0.29, 0.717) is 5.75 Å². The molecule has 0 saturated carbocycles. The van der Waals surface area contributed by atoms with E-state index in [1.807, 2.05) is 12.1 Å². The zero-order valence-electron chi connectivity index (χ0n) is 7.19. The summed E-state index contributed by atoms with van der Waals surface area (Å²) < 4.78 is 5.02. The first kappa shape index (κ1) is 7.86. The van der Waals surface area contributed by atoms with E-state index in [-0.39, 0.29) is 5.75 Å². The van der Waals surface area contributed by atoms with Crippen LogP contribution in [0.5, 0.6) is 11.5 Å². The van der Waals surface area contributed by atoms with Crippen LogP contribution in [0.25, 0.3) is 10.8 Å². The maximum absolute atomic E-state index is 9.56. The quantitative estimate of drug-likeness (QED) is 0.720. The molecule has 0 fully saturated rings. The summed E-state index contributed by atoms with van der Waals surface area (Å²) in [7, 11) is 1.57. The number of nitrogens with zero attached hydrogens (tertiary/aromatic N) is 1. The van der Waals surface area contributed by atoms with E-state index in [1.54, 1.807) is 25.6 Å². The van der Waals surface area contributed by atoms with E-state index in [2.05, 4.69) is 4.98 Å². The van der Waals surface area contributed by atoms with Gasteiger partial charge >= 0.3 is 0 Å². The van der Waals surface area contributed by atoms with Gasteiger partial charge in [-0.1, -0.05) is 0 Å². The summed E-state index contributed by atoms with van der Waals surface area (Å²) in [5.41, 5.74) is 0. The first-order valence-corrected chi connectivity index (χ1v) is 3.92. The van der Waals surface area contributed by atoms with Gasteiger partial charge in [0.1, 0.15) is 11.5 Å². The molecular formula is C10H9NO2. The number of pyridine rings is 1. The number of fused-ring (bicyclic) bond motifs is 1.